The van der Waals surface area contributed by atoms with Crippen molar-refractivity contribution in [3.63, 3.8) is 0 Å². The molecule has 1 aliphatic heterocycles. The van der Waals surface area contributed by atoms with Crippen LogP contribution < -0.4 is 0 Å². The van der Waals surface area contributed by atoms with Crippen LogP contribution in [0.4, 0.5) is 0 Å². The number of hydrogen-bond donors (Lipinski definition) is 0. The summed E-state index contributed by atoms with van der Waals surface area (Å²) in [6, 6.07) is 7.98. The number of benzene rings is 1. The van der Waals surface area contributed by atoms with Crippen molar-refractivity contribution in [2.45, 2.75) is 45.8 Å². The smallest absolute Gasteiger partial charge is 0.456 e. The zero-order valence-corrected chi connectivity index (χ0v) is 14.5. The van der Waals surface area contributed by atoms with Crippen molar-refractivity contribution in [2.24, 2.45) is 0 Å². The summed E-state index contributed by atoms with van der Waals surface area (Å²) in [5.74, 6) is 0.744. The normalized spacial score (nSPS) is 20.2. The summed E-state index contributed by atoms with van der Waals surface area (Å²) in [5, 5.41) is 1.05. The Hall–Kier alpha value is -1.78. The van der Waals surface area contributed by atoms with Crippen LogP contribution in [0, 0.1) is 0 Å². The molecule has 1 aromatic carbocycles. The summed E-state index contributed by atoms with van der Waals surface area (Å²) in [4.78, 5) is 0. The molecule has 23 heavy (non-hydrogen) atoms. The molecule has 0 N–H and O–H groups in total. The van der Waals surface area contributed by atoms with E-state index in [0.717, 1.165) is 27.8 Å². The molecule has 0 bridgehead atoms. The summed E-state index contributed by atoms with van der Waals surface area (Å²) in [6.07, 6.45) is 3.77. The molecule has 0 radical (unpaired) electrons. The van der Waals surface area contributed by atoms with Crippen LogP contribution in [0.1, 0.15) is 45.9 Å². The van der Waals surface area contributed by atoms with Gasteiger partial charge in [-0.15, -0.1) is 0 Å². The van der Waals surface area contributed by atoms with Crippen molar-refractivity contribution >= 4 is 29.6 Å². The summed E-state index contributed by atoms with van der Waals surface area (Å²) in [5.41, 5.74) is 2.06. The minimum absolute atomic E-state index is 0.375. The van der Waals surface area contributed by atoms with Gasteiger partial charge in [-0.1, -0.05) is 30.9 Å². The zero-order chi connectivity index (χ0) is 16.8. The molecule has 3 nitrogen and oxygen atoms in total. The molecule has 1 aliphatic rings. The van der Waals surface area contributed by atoms with Crippen LogP contribution in [0.25, 0.3) is 22.5 Å². The third kappa shape index (κ3) is 2.46. The van der Waals surface area contributed by atoms with Crippen molar-refractivity contribution in [3.05, 3.63) is 48.2 Å². The maximum Gasteiger partial charge on any atom is 0.495 e. The standard InChI is InChI=1S/C19H23BO3/c1-7-14(20-22-18(3,4)19(5,6)23-20)17-13-11-9-10-12-16(13)21-15(17)8-2/h7-12H,2H2,1,3-6H3/b14-7+. The second kappa shape index (κ2) is 5.39. The highest BCUT2D eigenvalue weighted by molar-refractivity contribution is 6.69. The van der Waals surface area contributed by atoms with Crippen LogP contribution in [0.2, 0.25) is 0 Å². The predicted octanol–water partition coefficient (Wildman–Crippen LogP) is 5.11. The molecule has 0 saturated carbocycles. The quantitative estimate of drug-likeness (QED) is 0.738. The van der Waals surface area contributed by atoms with Crippen molar-refractivity contribution in [3.8, 4) is 0 Å². The van der Waals surface area contributed by atoms with E-state index in [0.29, 0.717) is 0 Å². The van der Waals surface area contributed by atoms with E-state index >= 15 is 0 Å². The molecule has 4 heteroatoms. The molecule has 0 spiro atoms. The van der Waals surface area contributed by atoms with Gasteiger partial charge in [-0.2, -0.15) is 0 Å². The Labute approximate surface area is 138 Å². The molecule has 0 atom stereocenters. The van der Waals surface area contributed by atoms with E-state index in [9.17, 15) is 0 Å². The van der Waals surface area contributed by atoms with Gasteiger partial charge in [-0.25, -0.2) is 0 Å². The lowest BCUT2D eigenvalue weighted by Gasteiger charge is -2.32. The van der Waals surface area contributed by atoms with Crippen LogP contribution in [-0.2, 0) is 9.31 Å². The number of para-hydroxylation sites is 1. The van der Waals surface area contributed by atoms with Crippen molar-refractivity contribution in [1.29, 1.82) is 0 Å². The lowest BCUT2D eigenvalue weighted by Crippen LogP contribution is -2.41. The lowest BCUT2D eigenvalue weighted by atomic mass is 9.73. The fraction of sp³-hybridized carbons (Fsp3) is 0.368. The molecule has 3 rings (SSSR count). The van der Waals surface area contributed by atoms with Gasteiger partial charge in [0.25, 0.3) is 0 Å². The van der Waals surface area contributed by atoms with E-state index in [4.69, 9.17) is 13.7 Å². The average Bonchev–Trinajstić information content (AvgIpc) is 2.95. The summed E-state index contributed by atoms with van der Waals surface area (Å²) >= 11 is 0. The molecular formula is C19H23BO3. The van der Waals surface area contributed by atoms with Gasteiger partial charge in [-0.05, 0) is 52.2 Å². The number of allylic oxidation sites excluding steroid dienone is 1. The Morgan fingerprint density at radius 3 is 2.26 bits per heavy atom. The van der Waals surface area contributed by atoms with Crippen LogP contribution in [0.15, 0.2) is 41.3 Å². The minimum Gasteiger partial charge on any atom is -0.456 e. The molecule has 0 aliphatic carbocycles. The minimum atomic E-state index is -0.426. The van der Waals surface area contributed by atoms with Crippen molar-refractivity contribution in [1.82, 2.24) is 0 Å². The highest BCUT2D eigenvalue weighted by Crippen LogP contribution is 2.43. The molecule has 120 valence electrons. The van der Waals surface area contributed by atoms with E-state index in [2.05, 4.69) is 40.3 Å². The summed E-state index contributed by atoms with van der Waals surface area (Å²) in [7, 11) is -0.426. The first-order valence-electron chi connectivity index (χ1n) is 7.97. The van der Waals surface area contributed by atoms with E-state index < -0.39 is 7.12 Å². The van der Waals surface area contributed by atoms with Gasteiger partial charge < -0.3 is 13.7 Å². The Morgan fingerprint density at radius 2 is 1.70 bits per heavy atom. The van der Waals surface area contributed by atoms with Crippen molar-refractivity contribution in [2.75, 3.05) is 0 Å². The SMILES string of the molecule is C=Cc1oc2ccccc2c1/C(=C\C)B1OC(C)(C)C(C)(C)O1. The maximum absolute atomic E-state index is 6.22. The Bertz CT molecular complexity index is 767. The fourth-order valence-electron chi connectivity index (χ4n) is 2.87. The van der Waals surface area contributed by atoms with Gasteiger partial charge in [0.15, 0.2) is 0 Å². The number of furan rings is 1. The number of rotatable bonds is 3. The molecule has 0 unspecified atom stereocenters. The van der Waals surface area contributed by atoms with Crippen LogP contribution in [-0.4, -0.2) is 18.3 Å². The van der Waals surface area contributed by atoms with E-state index in [1.165, 1.54) is 0 Å². The second-order valence-corrected chi connectivity index (χ2v) is 6.87. The van der Waals surface area contributed by atoms with Crippen LogP contribution in [0.3, 0.4) is 0 Å². The monoisotopic (exact) mass is 310 g/mol. The van der Waals surface area contributed by atoms with E-state index in [-0.39, 0.29) is 11.2 Å². The first kappa shape index (κ1) is 16.1. The largest absolute Gasteiger partial charge is 0.495 e. The fourth-order valence-corrected chi connectivity index (χ4v) is 2.87. The second-order valence-electron chi connectivity index (χ2n) is 6.87. The Balaban J connectivity index is 2.12. The molecule has 2 heterocycles. The molecular weight excluding hydrogens is 287 g/mol. The van der Waals surface area contributed by atoms with Crippen LogP contribution in [0.5, 0.6) is 0 Å². The number of hydrogen-bond acceptors (Lipinski definition) is 3. The third-order valence-corrected chi connectivity index (χ3v) is 4.91. The zero-order valence-electron chi connectivity index (χ0n) is 14.5. The summed E-state index contributed by atoms with van der Waals surface area (Å²) in [6.45, 7) is 14.1. The number of fused-ring (bicyclic) bond motifs is 1. The van der Waals surface area contributed by atoms with E-state index in [1.54, 1.807) is 6.08 Å². The molecule has 2 aromatic rings. The first-order valence-corrected chi connectivity index (χ1v) is 7.97. The van der Waals surface area contributed by atoms with Crippen molar-refractivity contribution < 1.29 is 13.7 Å². The molecule has 0 amide bonds. The summed E-state index contributed by atoms with van der Waals surface area (Å²) < 4.78 is 18.4. The highest BCUT2D eigenvalue weighted by atomic mass is 16.7. The van der Waals surface area contributed by atoms with Gasteiger partial charge in [0.1, 0.15) is 11.3 Å². The van der Waals surface area contributed by atoms with Gasteiger partial charge in [0.05, 0.1) is 11.2 Å². The van der Waals surface area contributed by atoms with Gasteiger partial charge in [0, 0.05) is 10.9 Å². The van der Waals surface area contributed by atoms with Gasteiger partial charge >= 0.3 is 7.12 Å². The molecule has 1 saturated heterocycles. The average molecular weight is 310 g/mol. The molecule has 1 fully saturated rings. The predicted molar refractivity (Wildman–Crippen MR) is 96.0 cm³/mol. The third-order valence-electron chi connectivity index (χ3n) is 4.91. The van der Waals surface area contributed by atoms with E-state index in [1.807, 2.05) is 31.2 Å². The molecule has 1 aromatic heterocycles. The lowest BCUT2D eigenvalue weighted by molar-refractivity contribution is 0.00578. The topological polar surface area (TPSA) is 31.6 Å². The maximum atomic E-state index is 6.22. The highest BCUT2D eigenvalue weighted by Gasteiger charge is 2.52. The first-order chi connectivity index (χ1) is 10.8. The van der Waals surface area contributed by atoms with Gasteiger partial charge in [0.2, 0.25) is 0 Å². The van der Waals surface area contributed by atoms with Gasteiger partial charge in [-0.3, -0.25) is 0 Å². The Morgan fingerprint density at radius 1 is 1.09 bits per heavy atom. The van der Waals surface area contributed by atoms with Crippen LogP contribution >= 0.6 is 0 Å². The Kier molecular flexibility index (Phi) is 3.78.